The molecule has 6 heteroatoms. The summed E-state index contributed by atoms with van der Waals surface area (Å²) in [6.07, 6.45) is 1.62. The van der Waals surface area contributed by atoms with Crippen molar-refractivity contribution in [1.29, 1.82) is 0 Å². The van der Waals surface area contributed by atoms with E-state index < -0.39 is 17.1 Å². The van der Waals surface area contributed by atoms with Crippen molar-refractivity contribution < 1.29 is 9.18 Å². The smallest absolute Gasteiger partial charge is 0.300 e. The van der Waals surface area contributed by atoms with E-state index in [1.807, 2.05) is 4.98 Å². The van der Waals surface area contributed by atoms with Crippen LogP contribution in [-0.2, 0) is 11.3 Å². The van der Waals surface area contributed by atoms with E-state index in [9.17, 15) is 18.8 Å². The van der Waals surface area contributed by atoms with E-state index in [0.29, 0.717) is 12.8 Å². The van der Waals surface area contributed by atoms with E-state index in [1.54, 1.807) is 0 Å². The summed E-state index contributed by atoms with van der Waals surface area (Å²) in [7, 11) is 0. The van der Waals surface area contributed by atoms with Gasteiger partial charge in [-0.15, -0.1) is 0 Å². The molecule has 1 heterocycles. The zero-order valence-electron chi connectivity index (χ0n) is 8.25. The van der Waals surface area contributed by atoms with Gasteiger partial charge in [-0.25, -0.2) is 4.79 Å². The molecular weight excluding hydrogens is 203 g/mol. The Balaban J connectivity index is 2.78. The van der Waals surface area contributed by atoms with Gasteiger partial charge < -0.3 is 4.79 Å². The number of aryl methyl sites for hydroxylation is 1. The van der Waals surface area contributed by atoms with Crippen molar-refractivity contribution in [3.05, 3.63) is 32.9 Å². The molecule has 1 N–H and O–H groups in total. The van der Waals surface area contributed by atoms with Crippen LogP contribution in [0.15, 0.2) is 15.8 Å². The van der Waals surface area contributed by atoms with Gasteiger partial charge in [-0.05, 0) is 13.3 Å². The van der Waals surface area contributed by atoms with E-state index in [1.165, 1.54) is 6.92 Å². The Morgan fingerprint density at radius 1 is 1.53 bits per heavy atom. The Labute approximate surface area is 84.6 Å². The largest absolute Gasteiger partial charge is 0.328 e. The molecule has 1 aromatic rings. The van der Waals surface area contributed by atoms with Crippen LogP contribution in [0, 0.1) is 5.82 Å². The summed E-state index contributed by atoms with van der Waals surface area (Å²) >= 11 is 0. The first-order chi connectivity index (χ1) is 7.00. The van der Waals surface area contributed by atoms with Gasteiger partial charge in [-0.1, -0.05) is 0 Å². The number of aromatic nitrogens is 2. The third-order valence-electron chi connectivity index (χ3n) is 1.90. The molecule has 0 aromatic carbocycles. The lowest BCUT2D eigenvalue weighted by atomic mass is 10.2. The Morgan fingerprint density at radius 3 is 2.80 bits per heavy atom. The van der Waals surface area contributed by atoms with Crippen LogP contribution in [0.2, 0.25) is 0 Å². The Bertz CT molecular complexity index is 475. The standard InChI is InChI=1S/C9H11FN2O3/c1-6(13)3-2-4-12-5-7(10)8(14)11-9(12)15/h5H,2-4H2,1H3,(H,11,14,15). The van der Waals surface area contributed by atoms with E-state index in [4.69, 9.17) is 0 Å². The quantitative estimate of drug-likeness (QED) is 0.769. The van der Waals surface area contributed by atoms with Crippen molar-refractivity contribution in [2.24, 2.45) is 0 Å². The minimum atomic E-state index is -1.03. The molecule has 0 unspecified atom stereocenters. The number of H-pyrrole nitrogens is 1. The maximum absolute atomic E-state index is 12.8. The number of halogens is 1. The van der Waals surface area contributed by atoms with Gasteiger partial charge in [-0.3, -0.25) is 14.3 Å². The maximum Gasteiger partial charge on any atom is 0.328 e. The van der Waals surface area contributed by atoms with Crippen LogP contribution >= 0.6 is 0 Å². The summed E-state index contributed by atoms with van der Waals surface area (Å²) in [5, 5.41) is 0. The maximum atomic E-state index is 12.8. The third kappa shape index (κ3) is 3.16. The van der Waals surface area contributed by atoms with Crippen LogP contribution < -0.4 is 11.2 Å². The predicted molar refractivity (Wildman–Crippen MR) is 51.2 cm³/mol. The number of aromatic amines is 1. The van der Waals surface area contributed by atoms with E-state index in [2.05, 4.69) is 0 Å². The van der Waals surface area contributed by atoms with E-state index >= 15 is 0 Å². The summed E-state index contributed by atoms with van der Waals surface area (Å²) in [4.78, 5) is 34.3. The van der Waals surface area contributed by atoms with Crippen molar-refractivity contribution in [2.75, 3.05) is 0 Å². The number of nitrogens with zero attached hydrogens (tertiary/aromatic N) is 1. The van der Waals surface area contributed by atoms with Crippen molar-refractivity contribution in [2.45, 2.75) is 26.3 Å². The minimum absolute atomic E-state index is 0.00736. The normalized spacial score (nSPS) is 10.3. The summed E-state index contributed by atoms with van der Waals surface area (Å²) in [6, 6.07) is 0. The molecule has 15 heavy (non-hydrogen) atoms. The molecule has 5 nitrogen and oxygen atoms in total. The fourth-order valence-corrected chi connectivity index (χ4v) is 1.15. The monoisotopic (exact) mass is 214 g/mol. The van der Waals surface area contributed by atoms with E-state index in [-0.39, 0.29) is 12.3 Å². The molecule has 0 aliphatic heterocycles. The highest BCUT2D eigenvalue weighted by Crippen LogP contribution is 1.93. The fraction of sp³-hybridized carbons (Fsp3) is 0.444. The van der Waals surface area contributed by atoms with Crippen LogP contribution in [-0.4, -0.2) is 15.3 Å². The topological polar surface area (TPSA) is 71.9 Å². The lowest BCUT2D eigenvalue weighted by Crippen LogP contribution is -2.31. The van der Waals surface area contributed by atoms with Crippen LogP contribution in [0.5, 0.6) is 0 Å². The first kappa shape index (κ1) is 11.4. The second kappa shape index (κ2) is 4.68. The molecule has 0 aliphatic rings. The summed E-state index contributed by atoms with van der Waals surface area (Å²) in [5.74, 6) is -0.995. The Kier molecular flexibility index (Phi) is 3.54. The second-order valence-corrected chi connectivity index (χ2v) is 3.24. The lowest BCUT2D eigenvalue weighted by molar-refractivity contribution is -0.117. The van der Waals surface area contributed by atoms with Crippen LogP contribution in [0.3, 0.4) is 0 Å². The Morgan fingerprint density at radius 2 is 2.20 bits per heavy atom. The van der Waals surface area contributed by atoms with Crippen molar-refractivity contribution >= 4 is 5.78 Å². The average Bonchev–Trinajstić information content (AvgIpc) is 2.13. The zero-order valence-corrected chi connectivity index (χ0v) is 8.25. The van der Waals surface area contributed by atoms with Gasteiger partial charge in [0.05, 0.1) is 6.20 Å². The molecular formula is C9H11FN2O3. The van der Waals surface area contributed by atoms with Gasteiger partial charge in [0.2, 0.25) is 5.82 Å². The number of hydrogen-bond acceptors (Lipinski definition) is 3. The van der Waals surface area contributed by atoms with Gasteiger partial charge >= 0.3 is 5.69 Å². The number of carbonyl (C=O) groups excluding carboxylic acids is 1. The first-order valence-corrected chi connectivity index (χ1v) is 4.49. The number of rotatable bonds is 4. The molecule has 0 saturated heterocycles. The van der Waals surface area contributed by atoms with Crippen molar-refractivity contribution in [1.82, 2.24) is 9.55 Å². The molecule has 0 aliphatic carbocycles. The summed E-state index contributed by atoms with van der Waals surface area (Å²) in [6.45, 7) is 1.66. The van der Waals surface area contributed by atoms with Crippen molar-refractivity contribution in [3.8, 4) is 0 Å². The average molecular weight is 214 g/mol. The number of hydrogen-bond donors (Lipinski definition) is 1. The van der Waals surface area contributed by atoms with Crippen LogP contribution in [0.4, 0.5) is 4.39 Å². The fourth-order valence-electron chi connectivity index (χ4n) is 1.15. The minimum Gasteiger partial charge on any atom is -0.300 e. The molecule has 0 amide bonds. The third-order valence-corrected chi connectivity index (χ3v) is 1.90. The van der Waals surface area contributed by atoms with E-state index in [0.717, 1.165) is 10.8 Å². The highest BCUT2D eigenvalue weighted by atomic mass is 19.1. The molecule has 1 aromatic heterocycles. The second-order valence-electron chi connectivity index (χ2n) is 3.24. The number of ketones is 1. The highest BCUT2D eigenvalue weighted by molar-refractivity contribution is 5.75. The molecule has 0 saturated carbocycles. The van der Waals surface area contributed by atoms with Gasteiger partial charge in [-0.2, -0.15) is 4.39 Å². The number of carbonyl (C=O) groups is 1. The number of nitrogens with one attached hydrogen (secondary N) is 1. The summed E-state index contributed by atoms with van der Waals surface area (Å²) < 4.78 is 13.8. The summed E-state index contributed by atoms with van der Waals surface area (Å²) in [5.41, 5.74) is -1.69. The molecule has 0 spiro atoms. The predicted octanol–water partition coefficient (Wildman–Crippen LogP) is 0.0449. The van der Waals surface area contributed by atoms with Gasteiger partial charge in [0.15, 0.2) is 0 Å². The SMILES string of the molecule is CC(=O)CCCn1cc(F)c(=O)[nH]c1=O. The lowest BCUT2D eigenvalue weighted by Gasteiger charge is -2.02. The Hall–Kier alpha value is -1.72. The van der Waals surface area contributed by atoms with Gasteiger partial charge in [0.1, 0.15) is 5.78 Å². The number of Topliss-reactive ketones (excluding diaryl/α,β-unsaturated/α-hetero) is 1. The first-order valence-electron chi connectivity index (χ1n) is 4.49. The molecule has 0 radical (unpaired) electrons. The molecule has 82 valence electrons. The molecule has 0 atom stereocenters. The van der Waals surface area contributed by atoms with Gasteiger partial charge in [0, 0.05) is 13.0 Å². The van der Waals surface area contributed by atoms with Gasteiger partial charge in [0.25, 0.3) is 5.56 Å². The molecule has 0 fully saturated rings. The highest BCUT2D eigenvalue weighted by Gasteiger charge is 2.03. The molecule has 0 bridgehead atoms. The van der Waals surface area contributed by atoms with Crippen LogP contribution in [0.25, 0.3) is 0 Å². The van der Waals surface area contributed by atoms with Crippen LogP contribution in [0.1, 0.15) is 19.8 Å². The zero-order chi connectivity index (χ0) is 11.4. The van der Waals surface area contributed by atoms with Crippen molar-refractivity contribution in [3.63, 3.8) is 0 Å². The molecule has 1 rings (SSSR count).